The van der Waals surface area contributed by atoms with Crippen molar-refractivity contribution in [3.8, 4) is 22.8 Å². The summed E-state index contributed by atoms with van der Waals surface area (Å²) in [5.41, 5.74) is 7.44. The fourth-order valence-electron chi connectivity index (χ4n) is 2.17. The number of nitrogens with two attached hydrogens (primary N) is 1. The van der Waals surface area contributed by atoms with Crippen molar-refractivity contribution < 1.29 is 14.0 Å². The van der Waals surface area contributed by atoms with Crippen LogP contribution in [0.4, 0.5) is 5.82 Å². The third kappa shape index (κ3) is 2.88. The van der Waals surface area contributed by atoms with Crippen molar-refractivity contribution in [3.63, 3.8) is 0 Å². The van der Waals surface area contributed by atoms with Gasteiger partial charge >= 0.3 is 0 Å². The van der Waals surface area contributed by atoms with E-state index in [9.17, 15) is 0 Å². The van der Waals surface area contributed by atoms with Crippen LogP contribution >= 0.6 is 0 Å². The Morgan fingerprint density at radius 2 is 1.91 bits per heavy atom. The Kier molecular flexibility index (Phi) is 3.96. The zero-order valence-corrected chi connectivity index (χ0v) is 12.2. The van der Waals surface area contributed by atoms with Crippen LogP contribution in [0.1, 0.15) is 5.56 Å². The lowest BCUT2D eigenvalue weighted by molar-refractivity contribution is 0.284. The molecule has 1 heterocycles. The first-order valence-corrected chi connectivity index (χ1v) is 6.84. The van der Waals surface area contributed by atoms with Gasteiger partial charge < -0.3 is 19.7 Å². The third-order valence-electron chi connectivity index (χ3n) is 3.22. The number of nitrogen functional groups attached to an aromatic ring is 1. The second-order valence-corrected chi connectivity index (χ2v) is 4.73. The van der Waals surface area contributed by atoms with Crippen LogP contribution in [0.25, 0.3) is 11.3 Å². The molecule has 0 radical (unpaired) electrons. The number of rotatable bonds is 5. The number of benzene rings is 2. The van der Waals surface area contributed by atoms with E-state index in [0.29, 0.717) is 29.7 Å². The lowest BCUT2D eigenvalue weighted by Gasteiger charge is -2.13. The summed E-state index contributed by atoms with van der Waals surface area (Å²) in [6, 6.07) is 17.1. The number of hydrogen-bond donors (Lipinski definition) is 1. The maximum atomic E-state index is 5.96. The Labute approximate surface area is 128 Å². The van der Waals surface area contributed by atoms with Gasteiger partial charge in [-0.1, -0.05) is 41.6 Å². The molecule has 5 nitrogen and oxygen atoms in total. The van der Waals surface area contributed by atoms with Gasteiger partial charge in [0, 0.05) is 6.07 Å². The molecule has 2 N–H and O–H groups in total. The maximum absolute atomic E-state index is 5.96. The molecule has 0 fully saturated rings. The van der Waals surface area contributed by atoms with Crippen molar-refractivity contribution >= 4 is 5.82 Å². The Morgan fingerprint density at radius 1 is 1.09 bits per heavy atom. The molecule has 0 spiro atoms. The largest absolute Gasteiger partial charge is 0.493 e. The van der Waals surface area contributed by atoms with Crippen molar-refractivity contribution in [1.29, 1.82) is 0 Å². The number of anilines is 1. The topological polar surface area (TPSA) is 70.5 Å². The van der Waals surface area contributed by atoms with Crippen molar-refractivity contribution in [2.24, 2.45) is 0 Å². The van der Waals surface area contributed by atoms with Gasteiger partial charge in [-0.05, 0) is 17.7 Å². The average Bonchev–Trinajstić information content (AvgIpc) is 3.00. The van der Waals surface area contributed by atoms with Gasteiger partial charge in [-0.25, -0.2) is 0 Å². The summed E-state index contributed by atoms with van der Waals surface area (Å²) in [6.45, 7) is 0.428. The number of ether oxygens (including phenoxy) is 2. The second kappa shape index (κ2) is 6.22. The Bertz CT molecular complexity index is 754. The number of hydrogen-bond acceptors (Lipinski definition) is 5. The number of methoxy groups -OCH3 is 1. The van der Waals surface area contributed by atoms with E-state index in [1.807, 2.05) is 48.5 Å². The standard InChI is InChI=1S/C17H16N2O3/c1-20-14-9-5-8-13(15-10-16(18)19-22-15)17(14)21-11-12-6-3-2-4-7-12/h2-10H,11H2,1H3,(H2,18,19). The van der Waals surface area contributed by atoms with Crippen LogP contribution in [-0.4, -0.2) is 12.3 Å². The molecule has 0 aliphatic rings. The van der Waals surface area contributed by atoms with Gasteiger partial charge in [0.05, 0.1) is 12.7 Å². The van der Waals surface area contributed by atoms with Gasteiger partial charge in [-0.2, -0.15) is 0 Å². The molecule has 0 aliphatic carbocycles. The summed E-state index contributed by atoms with van der Waals surface area (Å²) in [4.78, 5) is 0. The molecule has 1 aromatic heterocycles. The molecule has 0 amide bonds. The van der Waals surface area contributed by atoms with Crippen LogP contribution in [0.2, 0.25) is 0 Å². The van der Waals surface area contributed by atoms with Gasteiger partial charge in [0.2, 0.25) is 0 Å². The van der Waals surface area contributed by atoms with Crippen LogP contribution in [0.15, 0.2) is 59.1 Å². The highest BCUT2D eigenvalue weighted by atomic mass is 16.5. The second-order valence-electron chi connectivity index (χ2n) is 4.73. The van der Waals surface area contributed by atoms with Crippen molar-refractivity contribution in [3.05, 3.63) is 60.2 Å². The van der Waals surface area contributed by atoms with E-state index in [2.05, 4.69) is 5.16 Å². The minimum atomic E-state index is 0.326. The van der Waals surface area contributed by atoms with Crippen molar-refractivity contribution in [1.82, 2.24) is 5.16 Å². The van der Waals surface area contributed by atoms with Gasteiger partial charge in [0.25, 0.3) is 0 Å². The fourth-order valence-corrected chi connectivity index (χ4v) is 2.17. The Balaban J connectivity index is 1.94. The summed E-state index contributed by atoms with van der Waals surface area (Å²) in [5.74, 6) is 2.10. The molecule has 112 valence electrons. The van der Waals surface area contributed by atoms with E-state index < -0.39 is 0 Å². The molecule has 3 rings (SSSR count). The first-order chi connectivity index (χ1) is 10.8. The molecule has 0 saturated heterocycles. The highest BCUT2D eigenvalue weighted by Crippen LogP contribution is 2.39. The van der Waals surface area contributed by atoms with Crippen LogP contribution in [0, 0.1) is 0 Å². The normalized spacial score (nSPS) is 10.4. The van der Waals surface area contributed by atoms with Gasteiger partial charge in [0.15, 0.2) is 23.1 Å². The predicted molar refractivity (Wildman–Crippen MR) is 83.7 cm³/mol. The van der Waals surface area contributed by atoms with E-state index >= 15 is 0 Å². The first-order valence-electron chi connectivity index (χ1n) is 6.84. The monoisotopic (exact) mass is 296 g/mol. The number of nitrogens with zero attached hydrogens (tertiary/aromatic N) is 1. The van der Waals surface area contributed by atoms with E-state index in [-0.39, 0.29) is 0 Å². The highest BCUT2D eigenvalue weighted by Gasteiger charge is 2.16. The van der Waals surface area contributed by atoms with Crippen LogP contribution < -0.4 is 15.2 Å². The van der Waals surface area contributed by atoms with Gasteiger partial charge in [-0.15, -0.1) is 0 Å². The maximum Gasteiger partial charge on any atom is 0.172 e. The molecule has 0 saturated carbocycles. The zero-order valence-electron chi connectivity index (χ0n) is 12.2. The predicted octanol–water partition coefficient (Wildman–Crippen LogP) is 3.51. The summed E-state index contributed by atoms with van der Waals surface area (Å²) < 4.78 is 16.6. The minimum absolute atomic E-state index is 0.326. The molecule has 0 aliphatic heterocycles. The third-order valence-corrected chi connectivity index (χ3v) is 3.22. The number of para-hydroxylation sites is 1. The van der Waals surface area contributed by atoms with Crippen molar-refractivity contribution in [2.75, 3.05) is 12.8 Å². The van der Waals surface area contributed by atoms with Gasteiger partial charge in [0.1, 0.15) is 6.61 Å². The smallest absolute Gasteiger partial charge is 0.172 e. The molecule has 3 aromatic rings. The highest BCUT2D eigenvalue weighted by molar-refractivity contribution is 5.71. The SMILES string of the molecule is COc1cccc(-c2cc(N)no2)c1OCc1ccccc1. The van der Waals surface area contributed by atoms with E-state index in [0.717, 1.165) is 11.1 Å². The molecular formula is C17H16N2O3. The molecule has 0 atom stereocenters. The molecule has 0 unspecified atom stereocenters. The molecule has 0 bridgehead atoms. The first kappa shape index (κ1) is 14.0. The quantitative estimate of drug-likeness (QED) is 0.780. The lowest BCUT2D eigenvalue weighted by Crippen LogP contribution is -1.99. The fraction of sp³-hybridized carbons (Fsp3) is 0.118. The minimum Gasteiger partial charge on any atom is -0.493 e. The van der Waals surface area contributed by atoms with E-state index in [4.69, 9.17) is 19.7 Å². The average molecular weight is 296 g/mol. The van der Waals surface area contributed by atoms with Crippen LogP contribution in [0.5, 0.6) is 11.5 Å². The zero-order chi connectivity index (χ0) is 15.4. The Hall–Kier alpha value is -2.95. The Morgan fingerprint density at radius 3 is 2.59 bits per heavy atom. The summed E-state index contributed by atoms with van der Waals surface area (Å²) in [5, 5.41) is 3.71. The molecule has 2 aromatic carbocycles. The molecule has 22 heavy (non-hydrogen) atoms. The van der Waals surface area contributed by atoms with Crippen LogP contribution in [-0.2, 0) is 6.61 Å². The molecule has 5 heteroatoms. The summed E-state index contributed by atoms with van der Waals surface area (Å²) in [6.07, 6.45) is 0. The van der Waals surface area contributed by atoms with E-state index in [1.165, 1.54) is 0 Å². The van der Waals surface area contributed by atoms with E-state index in [1.54, 1.807) is 13.2 Å². The van der Waals surface area contributed by atoms with Gasteiger partial charge in [-0.3, -0.25) is 0 Å². The lowest BCUT2D eigenvalue weighted by atomic mass is 10.1. The summed E-state index contributed by atoms with van der Waals surface area (Å²) >= 11 is 0. The molecular weight excluding hydrogens is 280 g/mol. The van der Waals surface area contributed by atoms with Crippen LogP contribution in [0.3, 0.4) is 0 Å². The van der Waals surface area contributed by atoms with Crippen molar-refractivity contribution in [2.45, 2.75) is 6.61 Å². The number of aromatic nitrogens is 1. The summed E-state index contributed by atoms with van der Waals surface area (Å²) in [7, 11) is 1.60.